The van der Waals surface area contributed by atoms with Crippen LogP contribution in [0.5, 0.6) is 0 Å². The molecule has 0 radical (unpaired) electrons. The van der Waals surface area contributed by atoms with Crippen LogP contribution in [0.25, 0.3) is 0 Å². The Bertz CT molecular complexity index is 333. The molecule has 0 amide bonds. The van der Waals surface area contributed by atoms with Gasteiger partial charge >= 0.3 is 0 Å². The molecule has 15 heavy (non-hydrogen) atoms. The van der Waals surface area contributed by atoms with Crippen LogP contribution in [-0.4, -0.2) is 13.1 Å². The zero-order valence-corrected chi connectivity index (χ0v) is 11.0. The lowest BCUT2D eigenvalue weighted by molar-refractivity contribution is 0.555. The lowest BCUT2D eigenvalue weighted by Gasteiger charge is -2.17. The van der Waals surface area contributed by atoms with E-state index < -0.39 is 0 Å². The third kappa shape index (κ3) is 2.11. The van der Waals surface area contributed by atoms with Gasteiger partial charge in [-0.3, -0.25) is 0 Å². The number of hydrogen-bond acceptors (Lipinski definition) is 1. The molecule has 1 aromatic carbocycles. The summed E-state index contributed by atoms with van der Waals surface area (Å²) >= 11 is 3.48. The number of likely N-dealkylation sites (N-methyl/N-ethyl adjacent to an activating group) is 1. The Labute approximate surface area is 100 Å². The van der Waals surface area contributed by atoms with E-state index in [9.17, 15) is 0 Å². The third-order valence-corrected chi connectivity index (χ3v) is 4.09. The second-order valence-corrected chi connectivity index (χ2v) is 5.46. The van der Waals surface area contributed by atoms with E-state index in [4.69, 9.17) is 0 Å². The predicted molar refractivity (Wildman–Crippen MR) is 68.1 cm³/mol. The van der Waals surface area contributed by atoms with Gasteiger partial charge in [0.15, 0.2) is 0 Å². The van der Waals surface area contributed by atoms with Crippen LogP contribution in [0.1, 0.15) is 25.8 Å². The van der Waals surface area contributed by atoms with Crippen molar-refractivity contribution in [1.82, 2.24) is 5.32 Å². The summed E-state index contributed by atoms with van der Waals surface area (Å²) in [4.78, 5) is 0. The van der Waals surface area contributed by atoms with Crippen LogP contribution in [0.4, 0.5) is 0 Å². The summed E-state index contributed by atoms with van der Waals surface area (Å²) in [6.07, 6.45) is 1.32. The van der Waals surface area contributed by atoms with Crippen molar-refractivity contribution in [2.45, 2.75) is 25.7 Å². The predicted octanol–water partition coefficient (Wildman–Crippen LogP) is 3.34. The fourth-order valence-electron chi connectivity index (χ4n) is 2.37. The Morgan fingerprint density at radius 3 is 2.47 bits per heavy atom. The first kappa shape index (κ1) is 11.2. The van der Waals surface area contributed by atoms with Gasteiger partial charge in [0.05, 0.1) is 0 Å². The second-order valence-electron chi connectivity index (χ2n) is 4.55. The van der Waals surface area contributed by atoms with Crippen LogP contribution in [-0.2, 0) is 5.41 Å². The molecule has 0 aliphatic heterocycles. The fourth-order valence-corrected chi connectivity index (χ4v) is 2.63. The summed E-state index contributed by atoms with van der Waals surface area (Å²) in [6.45, 7) is 6.69. The average Bonchev–Trinajstić information content (AvgIpc) is 2.89. The zero-order chi connectivity index (χ0) is 10.9. The first-order chi connectivity index (χ1) is 7.19. The molecule has 1 aromatic rings. The summed E-state index contributed by atoms with van der Waals surface area (Å²) in [5, 5.41) is 3.48. The van der Waals surface area contributed by atoms with E-state index in [1.165, 1.54) is 12.0 Å². The van der Waals surface area contributed by atoms with Crippen LogP contribution >= 0.6 is 15.9 Å². The van der Waals surface area contributed by atoms with Crippen LogP contribution in [0, 0.1) is 5.92 Å². The molecule has 0 bridgehead atoms. The van der Waals surface area contributed by atoms with Crippen LogP contribution in [0.2, 0.25) is 0 Å². The van der Waals surface area contributed by atoms with Crippen LogP contribution in [0.3, 0.4) is 0 Å². The van der Waals surface area contributed by atoms with Gasteiger partial charge in [0.1, 0.15) is 0 Å². The minimum absolute atomic E-state index is 0.413. The Balaban J connectivity index is 2.16. The maximum Gasteiger partial charge on any atom is 0.0175 e. The molecule has 0 heterocycles. The van der Waals surface area contributed by atoms with Gasteiger partial charge < -0.3 is 5.32 Å². The van der Waals surface area contributed by atoms with Crippen LogP contribution in [0.15, 0.2) is 28.7 Å². The average molecular weight is 268 g/mol. The van der Waals surface area contributed by atoms with E-state index in [1.807, 2.05) is 0 Å². The molecule has 2 atom stereocenters. The van der Waals surface area contributed by atoms with Crippen molar-refractivity contribution in [2.24, 2.45) is 5.92 Å². The first-order valence-electron chi connectivity index (χ1n) is 5.66. The Morgan fingerprint density at radius 2 is 2.00 bits per heavy atom. The van der Waals surface area contributed by atoms with Crippen molar-refractivity contribution < 1.29 is 0 Å². The monoisotopic (exact) mass is 267 g/mol. The quantitative estimate of drug-likeness (QED) is 0.883. The van der Waals surface area contributed by atoms with Gasteiger partial charge in [-0.25, -0.2) is 0 Å². The summed E-state index contributed by atoms with van der Waals surface area (Å²) in [5.74, 6) is 0.817. The van der Waals surface area contributed by atoms with Gasteiger partial charge in [-0.1, -0.05) is 41.9 Å². The van der Waals surface area contributed by atoms with Crippen molar-refractivity contribution in [3.8, 4) is 0 Å². The van der Waals surface area contributed by atoms with Gasteiger partial charge in [0.2, 0.25) is 0 Å². The summed E-state index contributed by atoms with van der Waals surface area (Å²) < 4.78 is 1.16. The highest BCUT2D eigenvalue weighted by Crippen LogP contribution is 2.53. The van der Waals surface area contributed by atoms with Crippen molar-refractivity contribution in [3.05, 3.63) is 34.3 Å². The molecule has 0 spiro atoms. The normalized spacial score (nSPS) is 29.1. The highest BCUT2D eigenvalue weighted by molar-refractivity contribution is 9.10. The molecule has 82 valence electrons. The van der Waals surface area contributed by atoms with E-state index in [0.717, 1.165) is 23.5 Å². The molecular formula is C13H18BrN. The van der Waals surface area contributed by atoms with E-state index in [1.54, 1.807) is 0 Å². The topological polar surface area (TPSA) is 12.0 Å². The third-order valence-electron chi connectivity index (χ3n) is 3.56. The second kappa shape index (κ2) is 4.26. The van der Waals surface area contributed by atoms with Gasteiger partial charge in [0.25, 0.3) is 0 Å². The molecule has 1 aliphatic rings. The highest BCUT2D eigenvalue weighted by Gasteiger charge is 2.51. The fraction of sp³-hybridized carbons (Fsp3) is 0.538. The van der Waals surface area contributed by atoms with Crippen LogP contribution < -0.4 is 5.32 Å². The summed E-state index contributed by atoms with van der Waals surface area (Å²) in [7, 11) is 0. The molecule has 0 aromatic heterocycles. The largest absolute Gasteiger partial charge is 0.316 e. The number of nitrogens with one attached hydrogen (secondary N) is 1. The van der Waals surface area contributed by atoms with Gasteiger partial charge in [0, 0.05) is 16.4 Å². The van der Waals surface area contributed by atoms with Crippen molar-refractivity contribution in [3.63, 3.8) is 0 Å². The van der Waals surface area contributed by atoms with E-state index in [-0.39, 0.29) is 0 Å². The molecule has 0 saturated heterocycles. The maximum absolute atomic E-state index is 3.48. The summed E-state index contributed by atoms with van der Waals surface area (Å²) in [6, 6.07) is 8.80. The smallest absolute Gasteiger partial charge is 0.0175 e. The Morgan fingerprint density at radius 1 is 1.40 bits per heavy atom. The number of halogens is 1. The molecule has 1 fully saturated rings. The van der Waals surface area contributed by atoms with Gasteiger partial charge in [-0.15, -0.1) is 0 Å². The lowest BCUT2D eigenvalue weighted by Crippen LogP contribution is -2.28. The van der Waals surface area contributed by atoms with E-state index >= 15 is 0 Å². The number of rotatable bonds is 4. The number of benzene rings is 1. The highest BCUT2D eigenvalue weighted by atomic mass is 79.9. The molecule has 1 saturated carbocycles. The molecule has 1 aliphatic carbocycles. The Kier molecular flexibility index (Phi) is 3.17. The minimum Gasteiger partial charge on any atom is -0.316 e. The number of hydrogen-bond donors (Lipinski definition) is 1. The van der Waals surface area contributed by atoms with Gasteiger partial charge in [-0.05, 0) is 36.6 Å². The molecule has 2 heteroatoms. The van der Waals surface area contributed by atoms with E-state index in [0.29, 0.717) is 5.41 Å². The van der Waals surface area contributed by atoms with Crippen molar-refractivity contribution in [2.75, 3.05) is 13.1 Å². The molecule has 1 N–H and O–H groups in total. The van der Waals surface area contributed by atoms with Crippen molar-refractivity contribution >= 4 is 15.9 Å². The van der Waals surface area contributed by atoms with Crippen molar-refractivity contribution in [1.29, 1.82) is 0 Å². The SMILES string of the molecule is CCNCC1(c2ccc(Br)cc2)CC1C. The van der Waals surface area contributed by atoms with E-state index in [2.05, 4.69) is 59.4 Å². The minimum atomic E-state index is 0.413. The molecule has 2 rings (SSSR count). The zero-order valence-electron chi connectivity index (χ0n) is 9.39. The molecule has 1 nitrogen and oxygen atoms in total. The first-order valence-corrected chi connectivity index (χ1v) is 6.45. The Hall–Kier alpha value is -0.340. The standard InChI is InChI=1S/C13H18BrN/c1-3-15-9-13(8-10(13)2)11-4-6-12(14)7-5-11/h4-7,10,15H,3,8-9H2,1-2H3. The summed E-state index contributed by atoms with van der Waals surface area (Å²) in [5.41, 5.74) is 1.90. The molecular weight excluding hydrogens is 250 g/mol. The molecule has 2 unspecified atom stereocenters. The lowest BCUT2D eigenvalue weighted by atomic mass is 9.93. The van der Waals surface area contributed by atoms with Gasteiger partial charge in [-0.2, -0.15) is 0 Å². The maximum atomic E-state index is 3.48.